The van der Waals surface area contributed by atoms with E-state index in [1.165, 1.54) is 48.7 Å². The van der Waals surface area contributed by atoms with Gasteiger partial charge in [0.25, 0.3) is 17.4 Å². The predicted octanol–water partition coefficient (Wildman–Crippen LogP) is -0.833. The van der Waals surface area contributed by atoms with E-state index in [1.54, 1.807) is 0 Å². The third-order valence-corrected chi connectivity index (χ3v) is 16.5. The first-order valence-corrected chi connectivity index (χ1v) is 29.3. The first-order chi connectivity index (χ1) is 40.6. The summed E-state index contributed by atoms with van der Waals surface area (Å²) in [5.41, 5.74) is 8.95. The Kier molecular flexibility index (Phi) is 18.4. The molecule has 3 atom stereocenters. The SMILES string of the molecule is Nc1nc2ncc(CNc3ccc(C(=O)NC(CCC(=O)NC(CSC4CC(=O)N(CCCCCNC(=O)c5ccc(-c6c7ccc(=[NH2+])c(S(=O)(=O)[O-])c-7oc7c(S(=O)(=O)[O-])c(N)ccc67)c(C(=O)O)c5)C4=O)C(=O)O)C(=O)O)cc3)nc2c(=O)[nH]1. The number of hydrogen-bond donors (Lipinski definition) is 11. The number of aliphatic carboxylic acids is 2. The van der Waals surface area contributed by atoms with E-state index in [4.69, 9.17) is 21.3 Å². The second-order valence-corrected chi connectivity index (χ2v) is 23.0. The average molecular weight is 1240 g/mol. The van der Waals surface area contributed by atoms with Crippen LogP contribution >= 0.6 is 11.8 Å². The molecule has 0 radical (unpaired) electrons. The minimum absolute atomic E-state index is 0.0161. The molecule has 14 N–H and O–H groups in total. The van der Waals surface area contributed by atoms with Crippen LogP contribution in [0.15, 0.2) is 91.9 Å². The number of anilines is 3. The van der Waals surface area contributed by atoms with Crippen molar-refractivity contribution in [2.24, 2.45) is 0 Å². The van der Waals surface area contributed by atoms with Crippen LogP contribution in [0.5, 0.6) is 0 Å². The molecule has 31 nitrogen and oxygen atoms in total. The molecule has 3 unspecified atom stereocenters. The number of imide groups is 1. The van der Waals surface area contributed by atoms with Gasteiger partial charge in [-0.05, 0) is 85.8 Å². The molecule has 2 aliphatic heterocycles. The fourth-order valence-corrected chi connectivity index (χ4v) is 11.8. The highest BCUT2D eigenvalue weighted by Gasteiger charge is 2.39. The van der Waals surface area contributed by atoms with E-state index in [1.807, 2.05) is 0 Å². The maximum absolute atomic E-state index is 13.3. The lowest BCUT2D eigenvalue weighted by Crippen LogP contribution is -2.47. The number of nitrogen functional groups attached to an aromatic ring is 2. The molecule has 3 aromatic carbocycles. The summed E-state index contributed by atoms with van der Waals surface area (Å²) < 4.78 is 80.2. The summed E-state index contributed by atoms with van der Waals surface area (Å²) in [5, 5.41) is 44.4. The van der Waals surface area contributed by atoms with Crippen LogP contribution in [0.2, 0.25) is 0 Å². The topological polar surface area (TPSA) is 525 Å². The Morgan fingerprint density at radius 2 is 1.51 bits per heavy atom. The molecule has 0 saturated carbocycles. The Labute approximate surface area is 488 Å². The minimum atomic E-state index is -5.47. The number of nitrogens with zero attached hydrogens (tertiary/aromatic N) is 4. The Morgan fingerprint density at radius 3 is 2.19 bits per heavy atom. The number of aromatic carboxylic acids is 1. The standard InChI is InChI=1S/C52H50N12O19S3/c53-31-12-10-28-38(29-11-13-32(54)43(86(80,81)82)41(29)83-40(28)42(31)85(77,78)79)27-9-6-24(18-30(27)49(71)72)45(67)56-16-2-1-3-17-64-37(66)19-35(48(64)70)84-22-34(51(75)76)60-36(65)15-14-33(50(73)74)61-46(68)23-4-7-25(8-5-23)57-20-26-21-58-44-39(59-26)47(69)63-52(55)62-44/h4-13,18,21,33-35,53,57H,1-3,14-17,19-20,22,54H2,(H,56,67)(H,60,65)(H,61,68)(H,71,72)(H,73,74)(H,75,76)(H,77,78,79)(H,80,81,82)(H3,55,58,62,63,69)/p-1. The van der Waals surface area contributed by atoms with E-state index >= 15 is 0 Å². The summed E-state index contributed by atoms with van der Waals surface area (Å²) in [6, 6.07) is 10.5. The molecular weight excluding hydrogens is 1190 g/mol. The number of hydrogen-bond acceptors (Lipinski definition) is 23. The first kappa shape index (κ1) is 62.2. The number of unbranched alkanes of at least 4 members (excludes halogenated alkanes) is 2. The number of benzene rings is 4. The van der Waals surface area contributed by atoms with Gasteiger partial charge in [0, 0.05) is 71.1 Å². The quantitative estimate of drug-likeness (QED) is 0.0109. The fourth-order valence-electron chi connectivity index (χ4n) is 9.20. The molecule has 5 aromatic rings. The summed E-state index contributed by atoms with van der Waals surface area (Å²) in [6.45, 7) is 0.119. The lowest BCUT2D eigenvalue weighted by molar-refractivity contribution is -0.176. The molecule has 1 fully saturated rings. The van der Waals surface area contributed by atoms with Crippen molar-refractivity contribution in [1.29, 1.82) is 0 Å². The monoisotopic (exact) mass is 1240 g/mol. The van der Waals surface area contributed by atoms with E-state index < -0.39 is 141 Å². The molecule has 0 bridgehead atoms. The van der Waals surface area contributed by atoms with Crippen LogP contribution < -0.4 is 49.1 Å². The average Bonchev–Trinajstić information content (AvgIpc) is 0.857. The van der Waals surface area contributed by atoms with Crippen LogP contribution in [-0.4, -0.2) is 150 Å². The normalized spacial score (nSPS) is 14.3. The number of aromatic amines is 1. The van der Waals surface area contributed by atoms with Gasteiger partial charge in [-0.25, -0.2) is 41.2 Å². The van der Waals surface area contributed by atoms with Gasteiger partial charge in [-0.2, -0.15) is 4.98 Å². The molecular formula is C52H49N12O19S3-. The fraction of sp³-hybridized carbons (Fsp3) is 0.250. The van der Waals surface area contributed by atoms with Crippen molar-refractivity contribution in [3.05, 3.63) is 111 Å². The van der Waals surface area contributed by atoms with Gasteiger partial charge < -0.3 is 61.6 Å². The van der Waals surface area contributed by atoms with Crippen molar-refractivity contribution in [3.8, 4) is 22.5 Å². The van der Waals surface area contributed by atoms with Crippen molar-refractivity contribution < 1.29 is 89.4 Å². The number of amides is 5. The summed E-state index contributed by atoms with van der Waals surface area (Å²) in [5.74, 6) is -9.39. The summed E-state index contributed by atoms with van der Waals surface area (Å²) >= 11 is 0.821. The smallest absolute Gasteiger partial charge is 0.336 e. The number of carbonyl (C=O) groups excluding carboxylic acids is 5. The van der Waals surface area contributed by atoms with Crippen LogP contribution in [0.1, 0.15) is 75.3 Å². The molecule has 3 aliphatic rings. The van der Waals surface area contributed by atoms with E-state index in [0.29, 0.717) is 24.2 Å². The van der Waals surface area contributed by atoms with Crippen LogP contribution in [-0.2, 0) is 50.8 Å². The Hall–Kier alpha value is -9.90. The Morgan fingerprint density at radius 1 is 0.826 bits per heavy atom. The Bertz CT molecular complexity index is 4270. The van der Waals surface area contributed by atoms with Crippen molar-refractivity contribution in [2.75, 3.05) is 35.6 Å². The highest BCUT2D eigenvalue weighted by atomic mass is 32.2. The zero-order valence-corrected chi connectivity index (χ0v) is 46.8. The third-order valence-electron chi connectivity index (χ3n) is 13.3. The molecule has 0 spiro atoms. The van der Waals surface area contributed by atoms with Crippen molar-refractivity contribution in [1.82, 2.24) is 40.8 Å². The second-order valence-electron chi connectivity index (χ2n) is 19.2. The highest BCUT2D eigenvalue weighted by Crippen LogP contribution is 2.46. The van der Waals surface area contributed by atoms with Crippen LogP contribution in [0.4, 0.5) is 17.3 Å². The first-order valence-electron chi connectivity index (χ1n) is 25.5. The number of carbonyl (C=O) groups is 8. The predicted molar refractivity (Wildman–Crippen MR) is 298 cm³/mol. The second kappa shape index (κ2) is 25.5. The zero-order valence-electron chi connectivity index (χ0n) is 44.4. The molecule has 1 saturated heterocycles. The number of carboxylic acids is 3. The van der Waals surface area contributed by atoms with E-state index in [0.717, 1.165) is 40.9 Å². The minimum Gasteiger partial charge on any atom is -0.744 e. The Balaban J connectivity index is 0.795. The lowest BCUT2D eigenvalue weighted by atomic mass is 9.89. The largest absolute Gasteiger partial charge is 0.744 e. The van der Waals surface area contributed by atoms with Crippen LogP contribution in [0, 0.1) is 0 Å². The van der Waals surface area contributed by atoms with Crippen molar-refractivity contribution in [3.63, 3.8) is 0 Å². The molecule has 4 heterocycles. The van der Waals surface area contributed by atoms with E-state index in [2.05, 4.69) is 41.2 Å². The molecule has 8 rings (SSSR count). The number of rotatable bonds is 25. The number of fused-ring (bicyclic) bond motifs is 3. The number of aromatic nitrogens is 4. The zero-order chi connectivity index (χ0) is 62.5. The van der Waals surface area contributed by atoms with Crippen LogP contribution in [0.25, 0.3) is 44.6 Å². The molecule has 450 valence electrons. The number of likely N-dealkylation sites (tertiary alicyclic amines) is 1. The van der Waals surface area contributed by atoms with Gasteiger partial charge >= 0.3 is 17.9 Å². The maximum atomic E-state index is 13.3. The number of H-pyrrole nitrogens is 1. The number of nitrogens with one attached hydrogen (secondary N) is 5. The van der Waals surface area contributed by atoms with Gasteiger partial charge in [0.2, 0.25) is 29.0 Å². The molecule has 1 aliphatic carbocycles. The van der Waals surface area contributed by atoms with Crippen molar-refractivity contribution >= 4 is 119 Å². The van der Waals surface area contributed by atoms with Gasteiger partial charge in [-0.3, -0.25) is 44.1 Å². The molecule has 5 amide bonds. The summed E-state index contributed by atoms with van der Waals surface area (Å²) in [6.07, 6.45) is 1.11. The number of thioether (sulfide) groups is 1. The number of carboxylic acid groups (broad SMARTS) is 3. The molecule has 34 heteroatoms. The maximum Gasteiger partial charge on any atom is 0.336 e. The third kappa shape index (κ3) is 14.0. The van der Waals surface area contributed by atoms with E-state index in [-0.39, 0.29) is 88.5 Å². The van der Waals surface area contributed by atoms with Gasteiger partial charge in [0.1, 0.15) is 37.2 Å². The molecule has 2 aromatic heterocycles. The number of nitrogens with two attached hydrogens (primary N) is 3. The van der Waals surface area contributed by atoms with Gasteiger partial charge in [0.05, 0.1) is 34.9 Å². The van der Waals surface area contributed by atoms with Gasteiger partial charge in [0.15, 0.2) is 27.4 Å². The summed E-state index contributed by atoms with van der Waals surface area (Å²) in [7, 11) is -10.9. The van der Waals surface area contributed by atoms with Gasteiger partial charge in [-0.15, -0.1) is 11.8 Å². The highest BCUT2D eigenvalue weighted by molar-refractivity contribution is 8.00. The lowest BCUT2D eigenvalue weighted by Gasteiger charge is -2.22. The van der Waals surface area contributed by atoms with E-state index in [9.17, 15) is 84.4 Å². The molecule has 86 heavy (non-hydrogen) atoms. The van der Waals surface area contributed by atoms with Crippen LogP contribution in [0.3, 0.4) is 0 Å². The summed E-state index contributed by atoms with van der Waals surface area (Å²) in [4.78, 5) is 128. The van der Waals surface area contributed by atoms with Crippen molar-refractivity contribution in [2.45, 2.75) is 72.2 Å². The van der Waals surface area contributed by atoms with Gasteiger partial charge in [-0.1, -0.05) is 6.07 Å².